The summed E-state index contributed by atoms with van der Waals surface area (Å²) in [6, 6.07) is 7.54. The van der Waals surface area contributed by atoms with E-state index in [1.807, 2.05) is 42.1 Å². The Kier molecular flexibility index (Phi) is 4.44. The van der Waals surface area contributed by atoms with E-state index < -0.39 is 0 Å². The molecule has 0 N–H and O–H groups in total. The van der Waals surface area contributed by atoms with Crippen LogP contribution < -0.4 is 0 Å². The zero-order valence-corrected chi connectivity index (χ0v) is 11.5. The van der Waals surface area contributed by atoms with E-state index in [9.17, 15) is 4.79 Å². The van der Waals surface area contributed by atoms with Gasteiger partial charge in [0.2, 0.25) is 0 Å². The highest BCUT2D eigenvalue weighted by atomic mass is 35.5. The Morgan fingerprint density at radius 3 is 2.89 bits per heavy atom. The second-order valence-electron chi connectivity index (χ2n) is 3.89. The fraction of sp³-hybridized carbons (Fsp3) is 0.231. The Morgan fingerprint density at radius 2 is 2.22 bits per heavy atom. The molecule has 0 aliphatic heterocycles. The molecule has 0 spiro atoms. The third-order valence-electron chi connectivity index (χ3n) is 2.50. The molecule has 0 fully saturated rings. The molecule has 2 rings (SSSR count). The maximum atomic E-state index is 11.8. The minimum atomic E-state index is 0.147. The lowest BCUT2D eigenvalue weighted by Gasteiger charge is -2.03. The van der Waals surface area contributed by atoms with Crippen molar-refractivity contribution < 1.29 is 4.79 Å². The number of nitrogens with zero attached hydrogens (tertiary/aromatic N) is 2. The maximum absolute atomic E-state index is 11.8. The summed E-state index contributed by atoms with van der Waals surface area (Å²) < 4.78 is 1.86. The molecule has 0 atom stereocenters. The van der Waals surface area contributed by atoms with E-state index in [0.29, 0.717) is 17.2 Å². The molecule has 0 aliphatic rings. The SMILES string of the molecule is Cn1ccnc1CC(=O)CSc1ccccc1Cl. The third-order valence-corrected chi connectivity index (χ3v) is 4.08. The van der Waals surface area contributed by atoms with E-state index in [0.717, 1.165) is 10.7 Å². The number of hydrogen-bond acceptors (Lipinski definition) is 3. The van der Waals surface area contributed by atoms with Gasteiger partial charge in [-0.15, -0.1) is 11.8 Å². The van der Waals surface area contributed by atoms with Gasteiger partial charge in [0, 0.05) is 24.3 Å². The average Bonchev–Trinajstić information content (AvgIpc) is 2.74. The maximum Gasteiger partial charge on any atom is 0.150 e. The molecule has 0 amide bonds. The number of thioether (sulfide) groups is 1. The standard InChI is InChI=1S/C13H13ClN2OS/c1-16-7-6-15-13(16)8-10(17)9-18-12-5-3-2-4-11(12)14/h2-7H,8-9H2,1H3. The second kappa shape index (κ2) is 6.07. The summed E-state index contributed by atoms with van der Waals surface area (Å²) in [5.41, 5.74) is 0. The quantitative estimate of drug-likeness (QED) is 0.790. The van der Waals surface area contributed by atoms with Gasteiger partial charge in [0.15, 0.2) is 5.78 Å². The number of rotatable bonds is 5. The number of aryl methyl sites for hydroxylation is 1. The van der Waals surface area contributed by atoms with Crippen molar-refractivity contribution in [1.29, 1.82) is 0 Å². The van der Waals surface area contributed by atoms with Crippen LogP contribution in [-0.4, -0.2) is 21.1 Å². The van der Waals surface area contributed by atoms with Crippen LogP contribution in [0.25, 0.3) is 0 Å². The van der Waals surface area contributed by atoms with E-state index in [1.165, 1.54) is 11.8 Å². The van der Waals surface area contributed by atoms with Crippen molar-refractivity contribution in [1.82, 2.24) is 9.55 Å². The molecule has 0 saturated carbocycles. The van der Waals surface area contributed by atoms with E-state index in [4.69, 9.17) is 11.6 Å². The van der Waals surface area contributed by atoms with Gasteiger partial charge in [0.1, 0.15) is 5.82 Å². The predicted octanol–water partition coefficient (Wildman–Crippen LogP) is 2.98. The molecule has 2 aromatic rings. The Balaban J connectivity index is 1.90. The Labute approximate surface area is 115 Å². The molecular weight excluding hydrogens is 268 g/mol. The summed E-state index contributed by atoms with van der Waals surface area (Å²) in [6.45, 7) is 0. The number of carbonyl (C=O) groups is 1. The van der Waals surface area contributed by atoms with Gasteiger partial charge < -0.3 is 4.57 Å². The number of imidazole rings is 1. The summed E-state index contributed by atoms with van der Waals surface area (Å²) in [6.07, 6.45) is 3.90. The fourth-order valence-electron chi connectivity index (χ4n) is 1.51. The van der Waals surface area contributed by atoms with Crippen LogP contribution in [0, 0.1) is 0 Å². The van der Waals surface area contributed by atoms with Crippen LogP contribution in [-0.2, 0) is 18.3 Å². The molecule has 1 aromatic carbocycles. The van der Waals surface area contributed by atoms with Gasteiger partial charge in [-0.05, 0) is 12.1 Å². The average molecular weight is 281 g/mol. The normalized spacial score (nSPS) is 10.6. The van der Waals surface area contributed by atoms with Crippen molar-refractivity contribution in [3.05, 3.63) is 47.5 Å². The number of ketones is 1. The first kappa shape index (κ1) is 13.2. The lowest BCUT2D eigenvalue weighted by molar-refractivity contribution is -0.116. The van der Waals surface area contributed by atoms with Crippen LogP contribution in [0.4, 0.5) is 0 Å². The zero-order valence-electron chi connectivity index (χ0n) is 9.97. The smallest absolute Gasteiger partial charge is 0.150 e. The van der Waals surface area contributed by atoms with Gasteiger partial charge in [-0.2, -0.15) is 0 Å². The Hall–Kier alpha value is -1.26. The molecule has 0 bridgehead atoms. The van der Waals surface area contributed by atoms with Crippen LogP contribution in [0.3, 0.4) is 0 Å². The fourth-order valence-corrected chi connectivity index (χ4v) is 2.61. The van der Waals surface area contributed by atoms with Gasteiger partial charge >= 0.3 is 0 Å². The van der Waals surface area contributed by atoms with Crippen LogP contribution in [0.15, 0.2) is 41.6 Å². The minimum absolute atomic E-state index is 0.147. The number of carbonyl (C=O) groups excluding carboxylic acids is 1. The Bertz CT molecular complexity index is 553. The van der Waals surface area contributed by atoms with Gasteiger partial charge in [0.25, 0.3) is 0 Å². The van der Waals surface area contributed by atoms with E-state index in [1.54, 1.807) is 6.20 Å². The van der Waals surface area contributed by atoms with Crippen LogP contribution >= 0.6 is 23.4 Å². The second-order valence-corrected chi connectivity index (χ2v) is 5.31. The van der Waals surface area contributed by atoms with Crippen molar-refractivity contribution in [2.24, 2.45) is 7.05 Å². The van der Waals surface area contributed by atoms with Crippen LogP contribution in [0.1, 0.15) is 5.82 Å². The van der Waals surface area contributed by atoms with Crippen molar-refractivity contribution >= 4 is 29.1 Å². The molecule has 18 heavy (non-hydrogen) atoms. The molecule has 0 aliphatic carbocycles. The molecule has 0 unspecified atom stereocenters. The highest BCUT2D eigenvalue weighted by Gasteiger charge is 2.09. The lowest BCUT2D eigenvalue weighted by atomic mass is 10.3. The van der Waals surface area contributed by atoms with E-state index in [-0.39, 0.29) is 5.78 Å². The molecule has 5 heteroatoms. The van der Waals surface area contributed by atoms with Gasteiger partial charge in [0.05, 0.1) is 17.2 Å². The number of Topliss-reactive ketones (excluding diaryl/α,β-unsaturated/α-hetero) is 1. The largest absolute Gasteiger partial charge is 0.338 e. The molecular formula is C13H13ClN2OS. The summed E-state index contributed by atoms with van der Waals surface area (Å²) in [5, 5.41) is 0.687. The first-order valence-corrected chi connectivity index (χ1v) is 6.88. The van der Waals surface area contributed by atoms with Crippen molar-refractivity contribution in [2.45, 2.75) is 11.3 Å². The van der Waals surface area contributed by atoms with Gasteiger partial charge in [-0.1, -0.05) is 23.7 Å². The van der Waals surface area contributed by atoms with E-state index in [2.05, 4.69) is 4.98 Å². The van der Waals surface area contributed by atoms with Crippen molar-refractivity contribution in [2.75, 3.05) is 5.75 Å². The first-order valence-electron chi connectivity index (χ1n) is 5.52. The van der Waals surface area contributed by atoms with Crippen molar-refractivity contribution in [3.8, 4) is 0 Å². The minimum Gasteiger partial charge on any atom is -0.338 e. The predicted molar refractivity (Wildman–Crippen MR) is 74.1 cm³/mol. The monoisotopic (exact) mass is 280 g/mol. The highest BCUT2D eigenvalue weighted by molar-refractivity contribution is 8.00. The number of aromatic nitrogens is 2. The lowest BCUT2D eigenvalue weighted by Crippen LogP contribution is -2.09. The molecule has 0 saturated heterocycles. The molecule has 1 aromatic heterocycles. The summed E-state index contributed by atoms with van der Waals surface area (Å²) in [7, 11) is 1.89. The summed E-state index contributed by atoms with van der Waals surface area (Å²) in [5.74, 6) is 1.35. The third kappa shape index (κ3) is 3.37. The van der Waals surface area contributed by atoms with E-state index >= 15 is 0 Å². The number of halogens is 1. The molecule has 3 nitrogen and oxygen atoms in total. The molecule has 94 valence electrons. The molecule has 1 heterocycles. The summed E-state index contributed by atoms with van der Waals surface area (Å²) >= 11 is 7.49. The Morgan fingerprint density at radius 1 is 1.44 bits per heavy atom. The van der Waals surface area contributed by atoms with Crippen molar-refractivity contribution in [3.63, 3.8) is 0 Å². The van der Waals surface area contributed by atoms with Crippen LogP contribution in [0.5, 0.6) is 0 Å². The van der Waals surface area contributed by atoms with Crippen LogP contribution in [0.2, 0.25) is 5.02 Å². The number of hydrogen-bond donors (Lipinski definition) is 0. The highest BCUT2D eigenvalue weighted by Crippen LogP contribution is 2.26. The van der Waals surface area contributed by atoms with Gasteiger partial charge in [-0.3, -0.25) is 4.79 Å². The summed E-state index contributed by atoms with van der Waals surface area (Å²) in [4.78, 5) is 16.9. The van der Waals surface area contributed by atoms with Gasteiger partial charge in [-0.25, -0.2) is 4.98 Å². The zero-order chi connectivity index (χ0) is 13.0. The first-order chi connectivity index (χ1) is 8.66. The number of benzene rings is 1. The molecule has 0 radical (unpaired) electrons. The topological polar surface area (TPSA) is 34.9 Å².